The third-order valence-electron chi connectivity index (χ3n) is 13.7. The van der Waals surface area contributed by atoms with Gasteiger partial charge in [-0.05, 0) is 108 Å². The molecule has 2 bridgehead atoms. The Bertz CT molecular complexity index is 1530. The van der Waals surface area contributed by atoms with Gasteiger partial charge in [0.25, 0.3) is 11.7 Å². The van der Waals surface area contributed by atoms with E-state index in [1.165, 1.54) is 12.0 Å². The smallest absolute Gasteiger partial charge is 0.329 e. The zero-order valence-electron chi connectivity index (χ0n) is 36.1. The second-order valence-electron chi connectivity index (χ2n) is 18.1. The molecule has 0 spiro atoms. The first-order valence-electron chi connectivity index (χ1n) is 21.2. The topological polar surface area (TPSA) is 189 Å². The summed E-state index contributed by atoms with van der Waals surface area (Å²) in [6.45, 7) is 13.2. The number of amides is 1. The number of nitrogens with zero attached hydrogens (tertiary/aromatic N) is 1. The van der Waals surface area contributed by atoms with Crippen LogP contribution in [0.15, 0.2) is 36.0 Å². The van der Waals surface area contributed by atoms with Crippen LogP contribution in [-0.2, 0) is 38.1 Å². The summed E-state index contributed by atoms with van der Waals surface area (Å²) in [5.41, 5.74) is -1.63. The number of esters is 1. The van der Waals surface area contributed by atoms with Gasteiger partial charge in [-0.2, -0.15) is 0 Å². The molecule has 3 fully saturated rings. The highest BCUT2D eigenvalue weighted by Crippen LogP contribution is 2.51. The fourth-order valence-electron chi connectivity index (χ4n) is 10.2. The van der Waals surface area contributed by atoms with Gasteiger partial charge in [0.15, 0.2) is 6.10 Å². The molecule has 1 amide bonds. The lowest BCUT2D eigenvalue weighted by Gasteiger charge is -2.53. The predicted molar refractivity (Wildman–Crippen MR) is 217 cm³/mol. The average Bonchev–Trinajstić information content (AvgIpc) is 3.19. The van der Waals surface area contributed by atoms with E-state index in [9.17, 15) is 39.6 Å². The zero-order chi connectivity index (χ0) is 43.1. The van der Waals surface area contributed by atoms with Crippen LogP contribution >= 0.6 is 0 Å². The number of fused-ring (bicyclic) bond motifs is 3. The molecule has 2 aliphatic heterocycles. The van der Waals surface area contributed by atoms with Crippen molar-refractivity contribution in [2.75, 3.05) is 27.9 Å². The normalized spacial score (nSPS) is 40.9. The lowest BCUT2D eigenvalue weighted by molar-refractivity contribution is -0.197. The summed E-state index contributed by atoms with van der Waals surface area (Å²) < 4.78 is 23.7. The van der Waals surface area contributed by atoms with E-state index in [1.54, 1.807) is 34.1 Å². The Balaban J connectivity index is 1.80. The van der Waals surface area contributed by atoms with Crippen molar-refractivity contribution < 1.29 is 58.6 Å². The largest absolute Gasteiger partial charge is 0.453 e. The van der Waals surface area contributed by atoms with Gasteiger partial charge in [-0.3, -0.25) is 14.4 Å². The molecule has 0 unspecified atom stereocenters. The van der Waals surface area contributed by atoms with E-state index >= 15 is 0 Å². The molecule has 4 rings (SSSR count). The standard InChI is InChI=1S/C45H71NO12/c1-10-13-31-19-26(2)18-27(3)20-37(56-8)44(6)25-45(54,29(5)22-38(44)57-9)41(51)42(52)46-17-12-11-14-32(46)43(53)58-40(39(50)35(49)24-34(31)48)28(4)21-30-15-16-33(47)36(23-30)55-7/h10,19,21,27,29-33,35-40,47,49-50,54H,1,11-18,20,22-25H2,2-9H3/t27-,29+,30-,31+,32-,33+,35-,36+,37-,38-,39+,40+,44+,45-/m0/s1. The lowest BCUT2D eigenvalue weighted by Crippen LogP contribution is -2.64. The summed E-state index contributed by atoms with van der Waals surface area (Å²) in [6, 6.07) is -1.21. The Hall–Kier alpha value is -2.78. The predicted octanol–water partition coefficient (Wildman–Crippen LogP) is 4.42. The van der Waals surface area contributed by atoms with Gasteiger partial charge in [0.05, 0.1) is 30.5 Å². The number of hydrogen-bond acceptors (Lipinski definition) is 12. The first kappa shape index (κ1) is 47.9. The van der Waals surface area contributed by atoms with Crippen LogP contribution in [0.5, 0.6) is 0 Å². The van der Waals surface area contributed by atoms with E-state index in [0.717, 1.165) is 5.57 Å². The molecule has 58 heavy (non-hydrogen) atoms. The van der Waals surface area contributed by atoms with E-state index in [1.807, 2.05) is 26.0 Å². The first-order valence-corrected chi connectivity index (χ1v) is 21.2. The molecule has 2 aliphatic carbocycles. The second kappa shape index (κ2) is 20.7. The number of aliphatic hydroxyl groups excluding tert-OH is 3. The molecule has 13 nitrogen and oxygen atoms in total. The van der Waals surface area contributed by atoms with Crippen molar-refractivity contribution >= 4 is 23.4 Å². The molecule has 0 aromatic rings. The third kappa shape index (κ3) is 10.7. The van der Waals surface area contributed by atoms with Crippen LogP contribution in [0, 0.1) is 29.1 Å². The maximum atomic E-state index is 14.5. The Morgan fingerprint density at radius 3 is 2.26 bits per heavy atom. The van der Waals surface area contributed by atoms with Crippen molar-refractivity contribution in [2.45, 2.75) is 166 Å². The molecule has 2 saturated carbocycles. The van der Waals surface area contributed by atoms with Gasteiger partial charge >= 0.3 is 5.97 Å². The quantitative estimate of drug-likeness (QED) is 0.161. The molecule has 13 heteroatoms. The SMILES string of the molecule is C=CC[C@@H]1C=C(C)C[C@H](C)C[C@H](OC)[C@@]2(C)C[C@@](O)(C(=O)C(=O)N3CCCC[C@H]3C(=O)O[C@H](C(C)=C[C@@H]3CC[C@@H](O)[C@H](OC)C3)[C@H](O)[C@@H](O)CC1=O)[C@H](C)C[C@@H]2OC. The highest BCUT2D eigenvalue weighted by atomic mass is 16.6. The molecule has 1 saturated heterocycles. The Morgan fingerprint density at radius 2 is 1.62 bits per heavy atom. The monoisotopic (exact) mass is 817 g/mol. The van der Waals surface area contributed by atoms with Crippen molar-refractivity contribution in [1.29, 1.82) is 0 Å². The number of carbonyl (C=O) groups is 4. The number of methoxy groups -OCH3 is 3. The molecular weight excluding hydrogens is 746 g/mol. The number of allylic oxidation sites excluding steroid dienone is 4. The highest BCUT2D eigenvalue weighted by Gasteiger charge is 2.60. The molecule has 0 aromatic heterocycles. The van der Waals surface area contributed by atoms with Gasteiger partial charge in [0.2, 0.25) is 0 Å². The number of ketones is 2. The number of ether oxygens (including phenoxy) is 4. The summed E-state index contributed by atoms with van der Waals surface area (Å²) in [7, 11) is 4.71. The average molecular weight is 818 g/mol. The maximum Gasteiger partial charge on any atom is 0.329 e. The van der Waals surface area contributed by atoms with Crippen molar-refractivity contribution in [1.82, 2.24) is 4.90 Å². The fraction of sp³-hybridized carbons (Fsp3) is 0.778. The molecule has 4 aliphatic rings. The Labute approximate surface area is 345 Å². The van der Waals surface area contributed by atoms with Gasteiger partial charge in [0, 0.05) is 45.6 Å². The second-order valence-corrected chi connectivity index (χ2v) is 18.1. The number of Topliss-reactive ketones (excluding diaryl/α,β-unsaturated/α-hetero) is 2. The number of carbonyl (C=O) groups excluding carboxylic acids is 4. The van der Waals surface area contributed by atoms with E-state index < -0.39 is 95.7 Å². The minimum atomic E-state index is -2.09. The number of hydrogen-bond donors (Lipinski definition) is 4. The lowest BCUT2D eigenvalue weighted by atomic mass is 9.58. The van der Waals surface area contributed by atoms with Crippen LogP contribution in [0.25, 0.3) is 0 Å². The highest BCUT2D eigenvalue weighted by molar-refractivity contribution is 6.39. The van der Waals surface area contributed by atoms with Crippen LogP contribution in [0.1, 0.15) is 112 Å². The van der Waals surface area contributed by atoms with Crippen molar-refractivity contribution in [2.24, 2.45) is 29.1 Å². The minimum Gasteiger partial charge on any atom is -0.453 e. The van der Waals surface area contributed by atoms with Gasteiger partial charge in [-0.1, -0.05) is 44.6 Å². The van der Waals surface area contributed by atoms with Crippen molar-refractivity contribution in [3.8, 4) is 0 Å². The molecule has 328 valence electrons. The van der Waals surface area contributed by atoms with Crippen LogP contribution in [0.2, 0.25) is 0 Å². The summed E-state index contributed by atoms with van der Waals surface area (Å²) in [6.07, 6.45) is 2.64. The summed E-state index contributed by atoms with van der Waals surface area (Å²) in [5.74, 6) is -4.56. The van der Waals surface area contributed by atoms with E-state index in [4.69, 9.17) is 18.9 Å². The number of aliphatic hydroxyl groups is 4. The van der Waals surface area contributed by atoms with E-state index in [2.05, 4.69) is 13.5 Å². The molecule has 4 N–H and O–H groups in total. The van der Waals surface area contributed by atoms with Crippen LogP contribution in [0.4, 0.5) is 0 Å². The Kier molecular flexibility index (Phi) is 17.1. The number of rotatable bonds is 7. The molecule has 14 atom stereocenters. The summed E-state index contributed by atoms with van der Waals surface area (Å²) in [5, 5.41) is 46.0. The first-order chi connectivity index (χ1) is 27.3. The van der Waals surface area contributed by atoms with Crippen LogP contribution in [0.3, 0.4) is 0 Å². The number of piperidine rings is 1. The van der Waals surface area contributed by atoms with Gasteiger partial charge in [-0.25, -0.2) is 4.79 Å². The third-order valence-corrected chi connectivity index (χ3v) is 13.7. The van der Waals surface area contributed by atoms with Gasteiger partial charge < -0.3 is 44.3 Å². The summed E-state index contributed by atoms with van der Waals surface area (Å²) in [4.78, 5) is 58.1. The van der Waals surface area contributed by atoms with Crippen molar-refractivity contribution in [3.63, 3.8) is 0 Å². The molecule has 2 heterocycles. The van der Waals surface area contributed by atoms with E-state index in [0.29, 0.717) is 56.9 Å². The van der Waals surface area contributed by atoms with Crippen molar-refractivity contribution in [3.05, 3.63) is 36.0 Å². The van der Waals surface area contributed by atoms with Crippen LogP contribution < -0.4 is 0 Å². The van der Waals surface area contributed by atoms with Gasteiger partial charge in [0.1, 0.15) is 23.5 Å². The summed E-state index contributed by atoms with van der Waals surface area (Å²) >= 11 is 0. The minimum absolute atomic E-state index is 0.0284. The maximum absolute atomic E-state index is 14.5. The number of cyclic esters (lactones) is 1. The zero-order valence-corrected chi connectivity index (χ0v) is 36.1. The van der Waals surface area contributed by atoms with Gasteiger partial charge in [-0.15, -0.1) is 6.58 Å². The fourth-order valence-corrected chi connectivity index (χ4v) is 10.2. The molecule has 0 aromatic carbocycles. The molecular formula is C45H71NO12. The Morgan fingerprint density at radius 1 is 0.948 bits per heavy atom. The van der Waals surface area contributed by atoms with E-state index in [-0.39, 0.29) is 43.4 Å². The molecule has 0 radical (unpaired) electrons. The van der Waals surface area contributed by atoms with Crippen LogP contribution in [-0.4, -0.2) is 131 Å².